The monoisotopic (exact) mass is 350 g/mol. The fourth-order valence-corrected chi connectivity index (χ4v) is 3.92. The van der Waals surface area contributed by atoms with Crippen molar-refractivity contribution in [1.29, 1.82) is 0 Å². The third kappa shape index (κ3) is 2.62. The van der Waals surface area contributed by atoms with E-state index >= 15 is 0 Å². The van der Waals surface area contributed by atoms with Gasteiger partial charge in [0.05, 0.1) is 17.1 Å². The van der Waals surface area contributed by atoms with Gasteiger partial charge in [-0.25, -0.2) is 4.68 Å². The summed E-state index contributed by atoms with van der Waals surface area (Å²) in [4.78, 5) is 27.6. The van der Waals surface area contributed by atoms with Gasteiger partial charge in [0.1, 0.15) is 6.54 Å². The standard InChI is InChI=1S/C20H22N4O2/c1-3-17-18-9-6-10-22(18)11-12-23(17)19(25)13-24-20(26)16-8-5-4-7-15(16)14(2)21-24/h4-10,17H,3,11-13H2,1-2H3/t17-/m1/s1. The summed E-state index contributed by atoms with van der Waals surface area (Å²) in [5.41, 5.74) is 1.70. The summed E-state index contributed by atoms with van der Waals surface area (Å²) in [7, 11) is 0. The van der Waals surface area contributed by atoms with Crippen molar-refractivity contribution in [2.75, 3.05) is 6.54 Å². The van der Waals surface area contributed by atoms with Gasteiger partial charge in [0.2, 0.25) is 5.91 Å². The molecule has 0 bridgehead atoms. The molecule has 1 aromatic carbocycles. The quantitative estimate of drug-likeness (QED) is 0.729. The molecule has 1 aliphatic heterocycles. The molecular formula is C20H22N4O2. The van der Waals surface area contributed by atoms with E-state index in [1.807, 2.05) is 36.1 Å². The molecule has 6 heteroatoms. The Morgan fingerprint density at radius 2 is 1.92 bits per heavy atom. The van der Waals surface area contributed by atoms with Crippen molar-refractivity contribution in [3.05, 3.63) is 64.3 Å². The van der Waals surface area contributed by atoms with Crippen LogP contribution in [0.4, 0.5) is 0 Å². The Balaban J connectivity index is 1.66. The maximum Gasteiger partial charge on any atom is 0.275 e. The summed E-state index contributed by atoms with van der Waals surface area (Å²) in [5.74, 6) is -0.0615. The minimum absolute atomic E-state index is 0.0261. The first-order chi connectivity index (χ1) is 12.6. The molecule has 6 nitrogen and oxygen atoms in total. The largest absolute Gasteiger partial charge is 0.348 e. The number of aryl methyl sites for hydroxylation is 1. The zero-order valence-corrected chi connectivity index (χ0v) is 15.1. The lowest BCUT2D eigenvalue weighted by Gasteiger charge is -2.36. The van der Waals surface area contributed by atoms with Crippen molar-refractivity contribution in [2.24, 2.45) is 0 Å². The Morgan fingerprint density at radius 3 is 2.69 bits per heavy atom. The molecule has 26 heavy (non-hydrogen) atoms. The molecule has 3 aromatic rings. The van der Waals surface area contributed by atoms with E-state index in [-0.39, 0.29) is 24.1 Å². The first-order valence-electron chi connectivity index (χ1n) is 9.01. The van der Waals surface area contributed by atoms with E-state index < -0.39 is 0 Å². The van der Waals surface area contributed by atoms with E-state index in [1.165, 1.54) is 4.68 Å². The van der Waals surface area contributed by atoms with Crippen LogP contribution in [-0.2, 0) is 17.9 Å². The van der Waals surface area contributed by atoms with E-state index in [0.29, 0.717) is 11.9 Å². The van der Waals surface area contributed by atoms with Crippen molar-refractivity contribution >= 4 is 16.7 Å². The van der Waals surface area contributed by atoms with Crippen LogP contribution in [0.25, 0.3) is 10.8 Å². The highest BCUT2D eigenvalue weighted by molar-refractivity contribution is 5.83. The highest BCUT2D eigenvalue weighted by Crippen LogP contribution is 2.28. The highest BCUT2D eigenvalue weighted by atomic mass is 16.2. The lowest BCUT2D eigenvalue weighted by Crippen LogP contribution is -2.44. The third-order valence-corrected chi connectivity index (χ3v) is 5.21. The first-order valence-corrected chi connectivity index (χ1v) is 9.01. The molecule has 2 aromatic heterocycles. The maximum atomic E-state index is 13.0. The Kier molecular flexibility index (Phi) is 4.11. The molecule has 1 atom stereocenters. The van der Waals surface area contributed by atoms with E-state index in [9.17, 15) is 9.59 Å². The predicted molar refractivity (Wildman–Crippen MR) is 99.9 cm³/mol. The van der Waals surface area contributed by atoms with Crippen molar-refractivity contribution in [3.63, 3.8) is 0 Å². The van der Waals surface area contributed by atoms with Crippen LogP contribution < -0.4 is 5.56 Å². The minimum atomic E-state index is -0.215. The molecule has 0 spiro atoms. The lowest BCUT2D eigenvalue weighted by molar-refractivity contribution is -0.135. The van der Waals surface area contributed by atoms with Gasteiger partial charge < -0.3 is 9.47 Å². The third-order valence-electron chi connectivity index (χ3n) is 5.21. The molecule has 0 radical (unpaired) electrons. The van der Waals surface area contributed by atoms with Crippen LogP contribution in [0.3, 0.4) is 0 Å². The molecular weight excluding hydrogens is 328 g/mol. The molecule has 0 saturated heterocycles. The van der Waals surface area contributed by atoms with E-state index in [4.69, 9.17) is 0 Å². The predicted octanol–water partition coefficient (Wildman–Crippen LogP) is 2.50. The van der Waals surface area contributed by atoms with Gasteiger partial charge in [-0.3, -0.25) is 9.59 Å². The van der Waals surface area contributed by atoms with Crippen LogP contribution >= 0.6 is 0 Å². The number of carbonyl (C=O) groups excluding carboxylic acids is 1. The number of benzene rings is 1. The normalized spacial score (nSPS) is 16.7. The number of nitrogens with zero attached hydrogens (tertiary/aromatic N) is 4. The average Bonchev–Trinajstić information content (AvgIpc) is 3.13. The molecule has 0 N–H and O–H groups in total. The van der Waals surface area contributed by atoms with Gasteiger partial charge in [-0.05, 0) is 31.5 Å². The van der Waals surface area contributed by atoms with Crippen molar-refractivity contribution in [2.45, 2.75) is 39.4 Å². The number of aromatic nitrogens is 3. The van der Waals surface area contributed by atoms with Gasteiger partial charge in [0, 0.05) is 30.4 Å². The second kappa shape index (κ2) is 6.44. The summed E-state index contributed by atoms with van der Waals surface area (Å²) >= 11 is 0. The van der Waals surface area contributed by atoms with Gasteiger partial charge in [0.15, 0.2) is 0 Å². The SMILES string of the molecule is CC[C@@H]1c2cccn2CCN1C(=O)Cn1nc(C)c2ccccc2c1=O. The average molecular weight is 350 g/mol. The maximum absolute atomic E-state index is 13.0. The van der Waals surface area contributed by atoms with Gasteiger partial charge in [-0.1, -0.05) is 25.1 Å². The zero-order chi connectivity index (χ0) is 18.3. The van der Waals surface area contributed by atoms with Crippen molar-refractivity contribution in [1.82, 2.24) is 19.2 Å². The molecule has 134 valence electrons. The van der Waals surface area contributed by atoms with Gasteiger partial charge in [-0.15, -0.1) is 0 Å². The zero-order valence-electron chi connectivity index (χ0n) is 15.1. The number of amides is 1. The highest BCUT2D eigenvalue weighted by Gasteiger charge is 2.29. The van der Waals surface area contributed by atoms with Crippen LogP contribution in [-0.4, -0.2) is 31.7 Å². The van der Waals surface area contributed by atoms with E-state index in [1.54, 1.807) is 6.07 Å². The van der Waals surface area contributed by atoms with E-state index in [2.05, 4.69) is 28.9 Å². The van der Waals surface area contributed by atoms with Crippen LogP contribution in [0.15, 0.2) is 47.4 Å². The minimum Gasteiger partial charge on any atom is -0.348 e. The molecule has 4 rings (SSSR count). The number of hydrogen-bond acceptors (Lipinski definition) is 3. The number of fused-ring (bicyclic) bond motifs is 2. The second-order valence-electron chi connectivity index (χ2n) is 6.73. The topological polar surface area (TPSA) is 60.1 Å². The smallest absolute Gasteiger partial charge is 0.275 e. The Bertz CT molecular complexity index is 1030. The van der Waals surface area contributed by atoms with E-state index in [0.717, 1.165) is 29.7 Å². The Morgan fingerprint density at radius 1 is 1.15 bits per heavy atom. The Hall–Kier alpha value is -2.89. The van der Waals surface area contributed by atoms with Crippen LogP contribution in [0.1, 0.15) is 30.8 Å². The van der Waals surface area contributed by atoms with Crippen LogP contribution in [0, 0.1) is 6.92 Å². The molecule has 1 aliphatic rings. The first kappa shape index (κ1) is 16.6. The van der Waals surface area contributed by atoms with Gasteiger partial charge in [0.25, 0.3) is 5.56 Å². The second-order valence-corrected chi connectivity index (χ2v) is 6.73. The van der Waals surface area contributed by atoms with Crippen molar-refractivity contribution in [3.8, 4) is 0 Å². The van der Waals surface area contributed by atoms with Gasteiger partial charge >= 0.3 is 0 Å². The van der Waals surface area contributed by atoms with Crippen LogP contribution in [0.2, 0.25) is 0 Å². The van der Waals surface area contributed by atoms with Gasteiger partial charge in [-0.2, -0.15) is 5.10 Å². The summed E-state index contributed by atoms with van der Waals surface area (Å²) in [6, 6.07) is 11.5. The number of rotatable bonds is 3. The van der Waals surface area contributed by atoms with Crippen LogP contribution in [0.5, 0.6) is 0 Å². The fraction of sp³-hybridized carbons (Fsp3) is 0.350. The summed E-state index contributed by atoms with van der Waals surface area (Å²) in [5, 5.41) is 5.81. The summed E-state index contributed by atoms with van der Waals surface area (Å²) < 4.78 is 3.50. The molecule has 0 fully saturated rings. The summed E-state index contributed by atoms with van der Waals surface area (Å²) in [6.07, 6.45) is 2.90. The molecule has 1 amide bonds. The fourth-order valence-electron chi connectivity index (χ4n) is 3.92. The lowest BCUT2D eigenvalue weighted by atomic mass is 10.1. The number of hydrogen-bond donors (Lipinski definition) is 0. The molecule has 3 heterocycles. The molecule has 0 saturated carbocycles. The summed E-state index contributed by atoms with van der Waals surface area (Å²) in [6.45, 7) is 5.36. The Labute approximate surface area is 151 Å². The molecule has 0 unspecified atom stereocenters. The molecule has 0 aliphatic carbocycles. The van der Waals surface area contributed by atoms with Crippen molar-refractivity contribution < 1.29 is 4.79 Å². The number of carbonyl (C=O) groups is 1.